The van der Waals surface area contributed by atoms with Crippen molar-refractivity contribution in [1.29, 1.82) is 0 Å². The fourth-order valence-corrected chi connectivity index (χ4v) is 3.26. The summed E-state index contributed by atoms with van der Waals surface area (Å²) >= 11 is 5.83. The van der Waals surface area contributed by atoms with Crippen molar-refractivity contribution < 1.29 is 9.18 Å². The van der Waals surface area contributed by atoms with E-state index in [1.54, 1.807) is 24.2 Å². The predicted octanol–water partition coefficient (Wildman–Crippen LogP) is 3.27. The van der Waals surface area contributed by atoms with Crippen molar-refractivity contribution >= 4 is 17.5 Å². The van der Waals surface area contributed by atoms with Gasteiger partial charge in [-0.25, -0.2) is 4.39 Å². The summed E-state index contributed by atoms with van der Waals surface area (Å²) in [5.74, 6) is -0.282. The Kier molecular flexibility index (Phi) is 5.73. The maximum Gasteiger partial charge on any atom is 0.270 e. The van der Waals surface area contributed by atoms with Crippen LogP contribution in [0, 0.1) is 5.82 Å². The molecule has 2 atom stereocenters. The second-order valence-electron chi connectivity index (χ2n) is 6.43. The van der Waals surface area contributed by atoms with Gasteiger partial charge in [-0.3, -0.25) is 15.6 Å². The first kappa shape index (κ1) is 17.9. The Balaban J connectivity index is 1.42. The van der Waals surface area contributed by atoms with Gasteiger partial charge in [0, 0.05) is 31.9 Å². The summed E-state index contributed by atoms with van der Waals surface area (Å²) in [6, 6.07) is 8.74. The Morgan fingerprint density at radius 3 is 2.76 bits per heavy atom. The lowest BCUT2D eigenvalue weighted by atomic mass is 9.99. The fourth-order valence-electron chi connectivity index (χ4n) is 3.10. The first-order valence-corrected chi connectivity index (χ1v) is 8.76. The summed E-state index contributed by atoms with van der Waals surface area (Å²) in [7, 11) is 1.79. The van der Waals surface area contributed by atoms with Crippen LogP contribution in [-0.4, -0.2) is 35.4 Å². The molecule has 0 radical (unpaired) electrons. The van der Waals surface area contributed by atoms with Crippen molar-refractivity contribution in [2.45, 2.75) is 31.3 Å². The molecule has 2 aromatic rings. The Morgan fingerprint density at radius 2 is 2.08 bits per heavy atom. The molecule has 1 aromatic heterocycles. The van der Waals surface area contributed by atoms with E-state index in [9.17, 15) is 9.18 Å². The van der Waals surface area contributed by atoms with Crippen LogP contribution in [0.15, 0.2) is 36.5 Å². The molecule has 25 heavy (non-hydrogen) atoms. The topological polar surface area (TPSA) is 60.2 Å². The normalized spacial score (nSPS) is 20.0. The molecule has 1 saturated heterocycles. The minimum absolute atomic E-state index is 0.0615. The number of hydrazine groups is 1. The summed E-state index contributed by atoms with van der Waals surface area (Å²) < 4.78 is 13.0. The number of H-pyrrole nitrogens is 1. The summed E-state index contributed by atoms with van der Waals surface area (Å²) in [4.78, 5) is 16.8. The smallest absolute Gasteiger partial charge is 0.270 e. The molecule has 5 nitrogen and oxygen atoms in total. The van der Waals surface area contributed by atoms with Crippen LogP contribution in [0.25, 0.3) is 0 Å². The number of amides is 1. The standard InChI is InChI=1S/C18H22ClFN4O/c1-24(18(25)17-9-13(19)11-21-17)8-2-3-15-10-16(23-22-15)12-4-6-14(20)7-5-12/h4-7,9,11,15-16,21-23H,2-3,8,10H2,1H3. The van der Waals surface area contributed by atoms with E-state index in [-0.39, 0.29) is 17.8 Å². The third-order valence-electron chi connectivity index (χ3n) is 4.53. The number of hydrogen-bond acceptors (Lipinski definition) is 3. The van der Waals surface area contributed by atoms with E-state index in [1.165, 1.54) is 12.1 Å². The second kappa shape index (κ2) is 7.99. The van der Waals surface area contributed by atoms with E-state index in [4.69, 9.17) is 11.6 Å². The quantitative estimate of drug-likeness (QED) is 0.737. The van der Waals surface area contributed by atoms with Crippen molar-refractivity contribution in [2.75, 3.05) is 13.6 Å². The Bertz CT molecular complexity index is 718. The van der Waals surface area contributed by atoms with Crippen molar-refractivity contribution in [1.82, 2.24) is 20.7 Å². The lowest BCUT2D eigenvalue weighted by Crippen LogP contribution is -2.32. The van der Waals surface area contributed by atoms with Gasteiger partial charge in [0.25, 0.3) is 5.91 Å². The molecule has 1 aliphatic heterocycles. The summed E-state index contributed by atoms with van der Waals surface area (Å²) in [6.07, 6.45) is 4.39. The maximum atomic E-state index is 13.0. The van der Waals surface area contributed by atoms with Gasteiger partial charge in [0.2, 0.25) is 0 Å². The highest BCUT2D eigenvalue weighted by Gasteiger charge is 2.24. The number of aromatic nitrogens is 1. The number of halogens is 2. The average Bonchev–Trinajstić information content (AvgIpc) is 3.24. The van der Waals surface area contributed by atoms with Crippen LogP contribution < -0.4 is 10.9 Å². The lowest BCUT2D eigenvalue weighted by molar-refractivity contribution is 0.0786. The molecule has 1 amide bonds. The Labute approximate surface area is 151 Å². The fraction of sp³-hybridized carbons (Fsp3) is 0.389. The molecule has 1 aliphatic rings. The molecule has 0 saturated carbocycles. The molecule has 3 N–H and O–H groups in total. The molecule has 7 heteroatoms. The zero-order chi connectivity index (χ0) is 17.8. The second-order valence-corrected chi connectivity index (χ2v) is 6.86. The number of hydrogen-bond donors (Lipinski definition) is 3. The lowest BCUT2D eigenvalue weighted by Gasteiger charge is -2.17. The van der Waals surface area contributed by atoms with Crippen molar-refractivity contribution in [3.63, 3.8) is 0 Å². The molecule has 0 spiro atoms. The number of nitrogens with zero attached hydrogens (tertiary/aromatic N) is 1. The summed E-state index contributed by atoms with van der Waals surface area (Å²) in [5.41, 5.74) is 8.13. The highest BCUT2D eigenvalue weighted by Crippen LogP contribution is 2.24. The van der Waals surface area contributed by atoms with Crippen LogP contribution in [0.4, 0.5) is 4.39 Å². The van der Waals surface area contributed by atoms with Gasteiger partial charge in [-0.05, 0) is 43.0 Å². The molecule has 1 fully saturated rings. The molecule has 2 heterocycles. The van der Waals surface area contributed by atoms with Crippen molar-refractivity contribution in [3.8, 4) is 0 Å². The largest absolute Gasteiger partial charge is 0.356 e. The average molecular weight is 365 g/mol. The zero-order valence-electron chi connectivity index (χ0n) is 14.1. The van der Waals surface area contributed by atoms with Crippen molar-refractivity contribution in [3.05, 3.63) is 58.6 Å². The number of nitrogens with one attached hydrogen (secondary N) is 3. The summed E-state index contributed by atoms with van der Waals surface area (Å²) in [5, 5.41) is 0.532. The van der Waals surface area contributed by atoms with Gasteiger partial charge in [-0.2, -0.15) is 0 Å². The number of benzene rings is 1. The van der Waals surface area contributed by atoms with E-state index < -0.39 is 0 Å². The Hall–Kier alpha value is -1.89. The van der Waals surface area contributed by atoms with Gasteiger partial charge in [-0.15, -0.1) is 0 Å². The van der Waals surface area contributed by atoms with E-state index in [1.807, 2.05) is 12.1 Å². The van der Waals surface area contributed by atoms with Crippen molar-refractivity contribution in [2.24, 2.45) is 0 Å². The summed E-state index contributed by atoms with van der Waals surface area (Å²) in [6.45, 7) is 0.675. The van der Waals surface area contributed by atoms with Crippen LogP contribution in [-0.2, 0) is 0 Å². The van der Waals surface area contributed by atoms with Gasteiger partial charge in [0.05, 0.1) is 5.02 Å². The highest BCUT2D eigenvalue weighted by atomic mass is 35.5. The molecule has 0 bridgehead atoms. The molecule has 0 aliphatic carbocycles. The van der Waals surface area contributed by atoms with E-state index in [2.05, 4.69) is 15.8 Å². The molecule has 2 unspecified atom stereocenters. The number of carbonyl (C=O) groups is 1. The Morgan fingerprint density at radius 1 is 1.32 bits per heavy atom. The van der Waals surface area contributed by atoms with Gasteiger partial charge < -0.3 is 9.88 Å². The van der Waals surface area contributed by atoms with Gasteiger partial charge in [0.1, 0.15) is 11.5 Å². The van der Waals surface area contributed by atoms with Gasteiger partial charge in [0.15, 0.2) is 0 Å². The number of carbonyl (C=O) groups excluding carboxylic acids is 1. The molecular weight excluding hydrogens is 343 g/mol. The van der Waals surface area contributed by atoms with Crippen LogP contribution in [0.3, 0.4) is 0 Å². The van der Waals surface area contributed by atoms with Crippen LogP contribution in [0.5, 0.6) is 0 Å². The SMILES string of the molecule is CN(CCCC1CC(c2ccc(F)cc2)NN1)C(=O)c1cc(Cl)c[nH]1. The van der Waals surface area contributed by atoms with E-state index >= 15 is 0 Å². The maximum absolute atomic E-state index is 13.0. The minimum atomic E-state index is -0.220. The van der Waals surface area contributed by atoms with Gasteiger partial charge >= 0.3 is 0 Å². The third kappa shape index (κ3) is 4.60. The number of rotatable bonds is 6. The first-order chi connectivity index (χ1) is 12.0. The molecule has 134 valence electrons. The minimum Gasteiger partial charge on any atom is -0.356 e. The first-order valence-electron chi connectivity index (χ1n) is 8.39. The van der Waals surface area contributed by atoms with E-state index in [0.717, 1.165) is 24.8 Å². The van der Waals surface area contributed by atoms with Crippen LogP contribution in [0.2, 0.25) is 5.02 Å². The number of aromatic amines is 1. The monoisotopic (exact) mass is 364 g/mol. The highest BCUT2D eigenvalue weighted by molar-refractivity contribution is 6.30. The van der Waals surface area contributed by atoms with Crippen LogP contribution >= 0.6 is 11.6 Å². The molecule has 3 rings (SSSR count). The third-order valence-corrected chi connectivity index (χ3v) is 4.74. The van der Waals surface area contributed by atoms with Crippen LogP contribution in [0.1, 0.15) is 41.4 Å². The molecule has 1 aromatic carbocycles. The van der Waals surface area contributed by atoms with Gasteiger partial charge in [-0.1, -0.05) is 23.7 Å². The van der Waals surface area contributed by atoms with E-state index in [0.29, 0.717) is 23.3 Å². The zero-order valence-corrected chi connectivity index (χ0v) is 14.8. The molecular formula is C18H22ClFN4O. The predicted molar refractivity (Wildman–Crippen MR) is 95.8 cm³/mol.